The van der Waals surface area contributed by atoms with Crippen molar-refractivity contribution in [3.8, 4) is 11.6 Å². The molecular formula is C23H23BrN4O6S. The van der Waals surface area contributed by atoms with E-state index in [0.717, 1.165) is 19.4 Å². The summed E-state index contributed by atoms with van der Waals surface area (Å²) in [5, 5.41) is 2.75. The summed E-state index contributed by atoms with van der Waals surface area (Å²) in [4.78, 5) is 20.4. The van der Waals surface area contributed by atoms with E-state index in [1.54, 1.807) is 18.2 Å². The van der Waals surface area contributed by atoms with Crippen LogP contribution in [0.25, 0.3) is 0 Å². The van der Waals surface area contributed by atoms with E-state index >= 15 is 0 Å². The highest BCUT2D eigenvalue weighted by molar-refractivity contribution is 9.10. The van der Waals surface area contributed by atoms with Gasteiger partial charge in [-0.1, -0.05) is 0 Å². The number of carbonyl (C=O) groups is 1. The number of ether oxygens (including phenoxy) is 3. The monoisotopic (exact) mass is 562 g/mol. The first kappa shape index (κ1) is 24.9. The van der Waals surface area contributed by atoms with Crippen LogP contribution >= 0.6 is 15.9 Å². The zero-order valence-electron chi connectivity index (χ0n) is 18.7. The number of hydrogen-bond acceptors (Lipinski definition) is 8. The number of hydrogen-bond donors (Lipinski definition) is 2. The van der Waals surface area contributed by atoms with Gasteiger partial charge >= 0.3 is 0 Å². The Morgan fingerprint density at radius 2 is 1.97 bits per heavy atom. The zero-order chi connectivity index (χ0) is 24.8. The molecular weight excluding hydrogens is 540 g/mol. The first-order valence-electron chi connectivity index (χ1n) is 10.7. The van der Waals surface area contributed by atoms with Gasteiger partial charge in [0.2, 0.25) is 5.88 Å². The fraction of sp³-hybridized carbons (Fsp3) is 0.261. The van der Waals surface area contributed by atoms with E-state index in [1.165, 1.54) is 43.8 Å². The molecule has 2 heterocycles. The van der Waals surface area contributed by atoms with Crippen molar-refractivity contribution in [2.75, 3.05) is 30.4 Å². The molecule has 4 rings (SSSR count). The van der Waals surface area contributed by atoms with Crippen LogP contribution in [0.3, 0.4) is 0 Å². The second-order valence-corrected chi connectivity index (χ2v) is 10.2. The molecule has 1 atom stereocenters. The maximum atomic E-state index is 12.7. The number of halogens is 1. The van der Waals surface area contributed by atoms with Crippen LogP contribution in [0.1, 0.15) is 23.2 Å². The van der Waals surface area contributed by atoms with E-state index < -0.39 is 10.0 Å². The first-order chi connectivity index (χ1) is 16.8. The summed E-state index contributed by atoms with van der Waals surface area (Å²) in [6.45, 7) is 1.22. The predicted molar refractivity (Wildman–Crippen MR) is 132 cm³/mol. The molecule has 1 aromatic heterocycles. The topological polar surface area (TPSA) is 129 Å². The maximum absolute atomic E-state index is 12.7. The van der Waals surface area contributed by atoms with Crippen LogP contribution in [0.2, 0.25) is 0 Å². The normalized spacial score (nSPS) is 15.4. The summed E-state index contributed by atoms with van der Waals surface area (Å²) in [5.74, 6) is 0.575. The Labute approximate surface area is 211 Å². The fourth-order valence-electron chi connectivity index (χ4n) is 3.34. The van der Waals surface area contributed by atoms with Gasteiger partial charge in [0.15, 0.2) is 0 Å². The number of carbonyl (C=O) groups excluding carboxylic acids is 1. The molecule has 1 aliphatic heterocycles. The minimum atomic E-state index is -3.90. The number of benzene rings is 2. The van der Waals surface area contributed by atoms with Gasteiger partial charge in [-0.2, -0.15) is 0 Å². The van der Waals surface area contributed by atoms with Gasteiger partial charge in [-0.05, 0) is 71.2 Å². The largest absolute Gasteiger partial charge is 0.490 e. The third-order valence-electron chi connectivity index (χ3n) is 5.16. The van der Waals surface area contributed by atoms with Gasteiger partial charge in [0.25, 0.3) is 15.9 Å². The van der Waals surface area contributed by atoms with Crippen molar-refractivity contribution in [3.05, 3.63) is 64.9 Å². The van der Waals surface area contributed by atoms with Crippen LogP contribution in [-0.2, 0) is 14.8 Å². The van der Waals surface area contributed by atoms with E-state index in [9.17, 15) is 13.2 Å². The molecule has 10 nitrogen and oxygen atoms in total. The van der Waals surface area contributed by atoms with E-state index in [2.05, 4.69) is 35.9 Å². The molecule has 35 heavy (non-hydrogen) atoms. The molecule has 1 aliphatic rings. The lowest BCUT2D eigenvalue weighted by Gasteiger charge is -2.13. The zero-order valence-corrected chi connectivity index (χ0v) is 21.1. The van der Waals surface area contributed by atoms with Gasteiger partial charge in [-0.15, -0.1) is 0 Å². The lowest BCUT2D eigenvalue weighted by Crippen LogP contribution is -2.17. The van der Waals surface area contributed by atoms with Crippen molar-refractivity contribution in [2.45, 2.75) is 23.8 Å². The molecule has 0 radical (unpaired) electrons. The van der Waals surface area contributed by atoms with Crippen LogP contribution < -0.4 is 19.5 Å². The van der Waals surface area contributed by atoms with E-state index in [0.29, 0.717) is 28.1 Å². The van der Waals surface area contributed by atoms with Crippen LogP contribution in [-0.4, -0.2) is 50.7 Å². The molecule has 1 saturated heterocycles. The van der Waals surface area contributed by atoms with E-state index in [1.807, 2.05) is 0 Å². The Hall–Kier alpha value is -3.22. The number of rotatable bonds is 9. The van der Waals surface area contributed by atoms with E-state index in [-0.39, 0.29) is 28.6 Å². The highest BCUT2D eigenvalue weighted by atomic mass is 79.9. The summed E-state index contributed by atoms with van der Waals surface area (Å²) in [5.41, 5.74) is 0.852. The number of nitrogens with one attached hydrogen (secondary N) is 2. The van der Waals surface area contributed by atoms with Gasteiger partial charge in [-0.3, -0.25) is 9.52 Å². The molecule has 2 N–H and O–H groups in total. The highest BCUT2D eigenvalue weighted by Crippen LogP contribution is 2.27. The minimum Gasteiger partial charge on any atom is -0.490 e. The average molecular weight is 563 g/mol. The van der Waals surface area contributed by atoms with Crippen LogP contribution in [0.5, 0.6) is 11.6 Å². The van der Waals surface area contributed by atoms with E-state index in [4.69, 9.17) is 14.2 Å². The summed E-state index contributed by atoms with van der Waals surface area (Å²) in [6, 6.07) is 12.2. The van der Waals surface area contributed by atoms with Gasteiger partial charge < -0.3 is 19.5 Å². The molecule has 0 spiro atoms. The number of amides is 1. The average Bonchev–Trinajstić information content (AvgIpc) is 3.37. The van der Waals surface area contributed by atoms with Crippen LogP contribution in [0.15, 0.2) is 64.2 Å². The van der Waals surface area contributed by atoms with Crippen molar-refractivity contribution >= 4 is 43.4 Å². The van der Waals surface area contributed by atoms with Crippen molar-refractivity contribution < 1.29 is 27.4 Å². The SMILES string of the molecule is COc1cc(NS(=O)(=O)c2ccc(NC(=O)c3ccc(OCC4CCCO4)c(Br)c3)cc2)ncn1. The summed E-state index contributed by atoms with van der Waals surface area (Å²) < 4.78 is 44.6. The Morgan fingerprint density at radius 3 is 2.66 bits per heavy atom. The lowest BCUT2D eigenvalue weighted by atomic mass is 10.2. The second-order valence-electron chi connectivity index (χ2n) is 7.62. The summed E-state index contributed by atoms with van der Waals surface area (Å²) in [7, 11) is -2.48. The third-order valence-corrected chi connectivity index (χ3v) is 7.15. The molecule has 1 fully saturated rings. The van der Waals surface area contributed by atoms with Crippen molar-refractivity contribution in [3.63, 3.8) is 0 Å². The number of anilines is 2. The number of aromatic nitrogens is 2. The van der Waals surface area contributed by atoms with Crippen LogP contribution in [0.4, 0.5) is 11.5 Å². The molecule has 184 valence electrons. The Kier molecular flexibility index (Phi) is 7.83. The van der Waals surface area contributed by atoms with Gasteiger partial charge in [-0.25, -0.2) is 18.4 Å². The van der Waals surface area contributed by atoms with Gasteiger partial charge in [0, 0.05) is 23.9 Å². The van der Waals surface area contributed by atoms with Crippen molar-refractivity contribution in [2.24, 2.45) is 0 Å². The molecule has 3 aromatic rings. The Morgan fingerprint density at radius 1 is 1.17 bits per heavy atom. The van der Waals surface area contributed by atoms with Crippen molar-refractivity contribution in [1.29, 1.82) is 0 Å². The Balaban J connectivity index is 1.37. The molecule has 12 heteroatoms. The third kappa shape index (κ3) is 6.47. The highest BCUT2D eigenvalue weighted by Gasteiger charge is 2.18. The summed E-state index contributed by atoms with van der Waals surface area (Å²) >= 11 is 3.44. The number of methoxy groups -OCH3 is 1. The van der Waals surface area contributed by atoms with Crippen molar-refractivity contribution in [1.82, 2.24) is 9.97 Å². The van der Waals surface area contributed by atoms with Gasteiger partial charge in [0.1, 0.15) is 24.5 Å². The summed E-state index contributed by atoms with van der Waals surface area (Å²) in [6.07, 6.45) is 3.30. The quantitative estimate of drug-likeness (QED) is 0.402. The molecule has 2 aromatic carbocycles. The minimum absolute atomic E-state index is 0.00330. The molecule has 0 saturated carbocycles. The standard InChI is InChI=1S/C23H23BrN4O6S/c1-32-22-12-21(25-14-26-22)28-35(30,31)18-7-5-16(6-8-18)27-23(29)15-4-9-20(19(24)11-15)34-13-17-3-2-10-33-17/h4-9,11-12,14,17H,2-3,10,13H2,1H3,(H,27,29)(H,25,26,28). The van der Waals surface area contributed by atoms with Crippen LogP contribution in [0, 0.1) is 0 Å². The number of nitrogens with zero attached hydrogens (tertiary/aromatic N) is 2. The predicted octanol–water partition coefficient (Wildman–Crippen LogP) is 3.86. The Bertz CT molecular complexity index is 1300. The van der Waals surface area contributed by atoms with Gasteiger partial charge in [0.05, 0.1) is 22.6 Å². The molecule has 1 amide bonds. The molecule has 1 unspecified atom stereocenters. The maximum Gasteiger partial charge on any atom is 0.263 e. The smallest absolute Gasteiger partial charge is 0.263 e. The first-order valence-corrected chi connectivity index (χ1v) is 13.0. The second kappa shape index (κ2) is 11.0. The molecule has 0 aliphatic carbocycles. The fourth-order valence-corrected chi connectivity index (χ4v) is 4.83. The lowest BCUT2D eigenvalue weighted by molar-refractivity contribution is 0.0677. The number of sulfonamides is 1. The molecule has 0 bridgehead atoms.